The smallest absolute Gasteiger partial charge is 0.131 e. The van der Waals surface area contributed by atoms with Gasteiger partial charge in [0.1, 0.15) is 11.9 Å². The minimum Gasteiger partial charge on any atom is -0.485 e. The molecular formula is C19H15ClN2OS. The number of fused-ring (bicyclic) bond motifs is 1. The summed E-state index contributed by atoms with van der Waals surface area (Å²) in [6.07, 6.45) is 3.73. The highest BCUT2D eigenvalue weighted by molar-refractivity contribution is 7.14. The lowest BCUT2D eigenvalue weighted by Gasteiger charge is -2.14. The molecule has 0 amide bonds. The maximum Gasteiger partial charge on any atom is 0.131 e. The lowest BCUT2D eigenvalue weighted by Crippen LogP contribution is -2.02. The SMILES string of the molecule is CC(Oc1csc(-c2cnn3ccccc23)c1)c1ccccc1Cl. The summed E-state index contributed by atoms with van der Waals surface area (Å²) in [5.74, 6) is 0.845. The fraction of sp³-hybridized carbons (Fsp3) is 0.105. The number of rotatable bonds is 4. The molecule has 0 radical (unpaired) electrons. The lowest BCUT2D eigenvalue weighted by atomic mass is 10.1. The van der Waals surface area contributed by atoms with Gasteiger partial charge in [0.05, 0.1) is 11.7 Å². The first kappa shape index (κ1) is 15.2. The van der Waals surface area contributed by atoms with E-state index < -0.39 is 0 Å². The minimum atomic E-state index is -0.106. The molecule has 1 atom stereocenters. The first-order chi connectivity index (χ1) is 11.7. The second-order valence-corrected chi connectivity index (χ2v) is 6.84. The standard InChI is InChI=1S/C19H15ClN2OS/c1-13(15-6-2-3-7-17(15)20)23-14-10-19(24-12-14)16-11-21-22-9-5-4-8-18(16)22/h2-13H,1H3. The molecule has 3 nitrogen and oxygen atoms in total. The van der Waals surface area contributed by atoms with Gasteiger partial charge in [-0.05, 0) is 31.2 Å². The third-order valence-electron chi connectivity index (χ3n) is 3.92. The van der Waals surface area contributed by atoms with E-state index >= 15 is 0 Å². The minimum absolute atomic E-state index is 0.106. The summed E-state index contributed by atoms with van der Waals surface area (Å²) in [5.41, 5.74) is 3.19. The van der Waals surface area contributed by atoms with Crippen LogP contribution in [0.2, 0.25) is 5.02 Å². The van der Waals surface area contributed by atoms with Crippen molar-refractivity contribution in [1.82, 2.24) is 9.61 Å². The molecule has 3 heterocycles. The van der Waals surface area contributed by atoms with Crippen LogP contribution in [0.25, 0.3) is 16.0 Å². The highest BCUT2D eigenvalue weighted by atomic mass is 35.5. The van der Waals surface area contributed by atoms with Gasteiger partial charge in [0.25, 0.3) is 0 Å². The van der Waals surface area contributed by atoms with Crippen molar-refractivity contribution >= 4 is 28.5 Å². The summed E-state index contributed by atoms with van der Waals surface area (Å²) in [6, 6.07) is 15.9. The molecule has 120 valence electrons. The summed E-state index contributed by atoms with van der Waals surface area (Å²) >= 11 is 7.90. The van der Waals surface area contributed by atoms with Crippen LogP contribution in [0.1, 0.15) is 18.6 Å². The maximum absolute atomic E-state index is 6.25. The van der Waals surface area contributed by atoms with Crippen LogP contribution in [0.3, 0.4) is 0 Å². The van der Waals surface area contributed by atoms with E-state index in [1.165, 1.54) is 0 Å². The molecule has 0 saturated heterocycles. The Morgan fingerprint density at radius 2 is 2.00 bits per heavy atom. The summed E-state index contributed by atoms with van der Waals surface area (Å²) in [4.78, 5) is 1.14. The average Bonchev–Trinajstić information content (AvgIpc) is 3.21. The third-order valence-corrected chi connectivity index (χ3v) is 5.21. The van der Waals surface area contributed by atoms with Crippen LogP contribution in [-0.2, 0) is 0 Å². The van der Waals surface area contributed by atoms with Crippen molar-refractivity contribution < 1.29 is 4.74 Å². The van der Waals surface area contributed by atoms with Crippen LogP contribution >= 0.6 is 22.9 Å². The van der Waals surface area contributed by atoms with Crippen LogP contribution in [0, 0.1) is 0 Å². The number of hydrogen-bond acceptors (Lipinski definition) is 3. The van der Waals surface area contributed by atoms with E-state index in [0.29, 0.717) is 0 Å². The number of halogens is 1. The van der Waals surface area contributed by atoms with Gasteiger partial charge in [0.15, 0.2) is 0 Å². The second kappa shape index (κ2) is 6.30. The van der Waals surface area contributed by atoms with Crippen LogP contribution in [0.15, 0.2) is 66.3 Å². The molecule has 0 saturated carbocycles. The molecule has 0 aliphatic heterocycles. The van der Waals surface area contributed by atoms with Gasteiger partial charge < -0.3 is 4.74 Å². The van der Waals surface area contributed by atoms with Crippen molar-refractivity contribution in [1.29, 1.82) is 0 Å². The molecule has 24 heavy (non-hydrogen) atoms. The Morgan fingerprint density at radius 3 is 2.88 bits per heavy atom. The maximum atomic E-state index is 6.25. The van der Waals surface area contributed by atoms with Gasteiger partial charge in [-0.1, -0.05) is 35.9 Å². The van der Waals surface area contributed by atoms with Gasteiger partial charge >= 0.3 is 0 Å². The summed E-state index contributed by atoms with van der Waals surface area (Å²) < 4.78 is 7.95. The molecule has 0 bridgehead atoms. The van der Waals surface area contributed by atoms with E-state index in [2.05, 4.69) is 17.2 Å². The molecule has 0 fully saturated rings. The van der Waals surface area contributed by atoms with Gasteiger partial charge in [-0.15, -0.1) is 11.3 Å². The summed E-state index contributed by atoms with van der Waals surface area (Å²) in [5, 5.41) is 7.14. The van der Waals surface area contributed by atoms with Gasteiger partial charge in [-0.25, -0.2) is 4.52 Å². The zero-order valence-electron chi connectivity index (χ0n) is 13.0. The first-order valence-corrected chi connectivity index (χ1v) is 8.90. The monoisotopic (exact) mass is 354 g/mol. The Kier molecular flexibility index (Phi) is 4.00. The number of thiophene rings is 1. The van der Waals surface area contributed by atoms with Crippen molar-refractivity contribution in [2.75, 3.05) is 0 Å². The number of pyridine rings is 1. The molecule has 0 aliphatic rings. The molecule has 0 N–H and O–H groups in total. The predicted molar refractivity (Wildman–Crippen MR) is 99.0 cm³/mol. The Hall–Kier alpha value is -2.30. The molecule has 1 aromatic carbocycles. The molecule has 0 spiro atoms. The Labute approximate surface area is 149 Å². The third kappa shape index (κ3) is 2.79. The predicted octanol–water partition coefficient (Wildman–Crippen LogP) is 5.86. The van der Waals surface area contributed by atoms with Crippen LogP contribution in [0.5, 0.6) is 5.75 Å². The van der Waals surface area contributed by atoms with Gasteiger partial charge in [-0.2, -0.15) is 5.10 Å². The van der Waals surface area contributed by atoms with Crippen molar-refractivity contribution in [3.63, 3.8) is 0 Å². The fourth-order valence-corrected chi connectivity index (χ4v) is 3.84. The van der Waals surface area contributed by atoms with E-state index in [1.807, 2.05) is 65.6 Å². The largest absolute Gasteiger partial charge is 0.485 e. The van der Waals surface area contributed by atoms with Crippen molar-refractivity contribution in [2.24, 2.45) is 0 Å². The van der Waals surface area contributed by atoms with Crippen molar-refractivity contribution in [3.8, 4) is 16.2 Å². The fourth-order valence-electron chi connectivity index (χ4n) is 2.72. The Bertz CT molecular complexity index is 992. The lowest BCUT2D eigenvalue weighted by molar-refractivity contribution is 0.228. The van der Waals surface area contributed by atoms with E-state index in [4.69, 9.17) is 16.3 Å². The molecular weight excluding hydrogens is 340 g/mol. The van der Waals surface area contributed by atoms with E-state index in [1.54, 1.807) is 11.3 Å². The average molecular weight is 355 g/mol. The quantitative estimate of drug-likeness (QED) is 0.459. The zero-order chi connectivity index (χ0) is 16.5. The number of aromatic nitrogens is 2. The van der Waals surface area contributed by atoms with E-state index in [-0.39, 0.29) is 6.10 Å². The van der Waals surface area contributed by atoms with Gasteiger partial charge in [-0.3, -0.25) is 0 Å². The zero-order valence-corrected chi connectivity index (χ0v) is 14.6. The second-order valence-electron chi connectivity index (χ2n) is 5.52. The highest BCUT2D eigenvalue weighted by Gasteiger charge is 2.14. The van der Waals surface area contributed by atoms with Crippen molar-refractivity contribution in [3.05, 3.63) is 76.9 Å². The topological polar surface area (TPSA) is 26.5 Å². The molecule has 0 aliphatic carbocycles. The summed E-state index contributed by atoms with van der Waals surface area (Å²) in [6.45, 7) is 2.01. The molecule has 3 aromatic heterocycles. The van der Waals surface area contributed by atoms with Crippen LogP contribution in [0.4, 0.5) is 0 Å². The summed E-state index contributed by atoms with van der Waals surface area (Å²) in [7, 11) is 0. The van der Waals surface area contributed by atoms with Gasteiger partial charge in [0, 0.05) is 32.6 Å². The Balaban J connectivity index is 1.60. The van der Waals surface area contributed by atoms with Crippen molar-refractivity contribution in [2.45, 2.75) is 13.0 Å². The first-order valence-electron chi connectivity index (χ1n) is 7.65. The van der Waals surface area contributed by atoms with Crippen LogP contribution in [-0.4, -0.2) is 9.61 Å². The van der Waals surface area contributed by atoms with E-state index in [9.17, 15) is 0 Å². The Morgan fingerprint density at radius 1 is 1.17 bits per heavy atom. The molecule has 5 heteroatoms. The highest BCUT2D eigenvalue weighted by Crippen LogP contribution is 2.36. The number of nitrogens with zero attached hydrogens (tertiary/aromatic N) is 2. The van der Waals surface area contributed by atoms with Crippen LogP contribution < -0.4 is 4.74 Å². The number of ether oxygens (including phenoxy) is 1. The van der Waals surface area contributed by atoms with Gasteiger partial charge in [0.2, 0.25) is 0 Å². The number of benzene rings is 1. The molecule has 4 rings (SSSR count). The molecule has 1 unspecified atom stereocenters. The van der Waals surface area contributed by atoms with E-state index in [0.717, 1.165) is 32.3 Å². The normalized spacial score (nSPS) is 12.4. The molecule has 4 aromatic rings. The number of hydrogen-bond donors (Lipinski definition) is 0.